The van der Waals surface area contributed by atoms with E-state index in [0.717, 1.165) is 0 Å². The molecular weight excluding hydrogens is 244 g/mol. The SMILES string of the molecule is CC(C)C(O)CNc1nc2ccc(N)cc2c(=O)[nH]1. The molecule has 1 heterocycles. The Morgan fingerprint density at radius 2 is 2.21 bits per heavy atom. The van der Waals surface area contributed by atoms with Crippen molar-refractivity contribution < 1.29 is 5.11 Å². The number of hydrogen-bond donors (Lipinski definition) is 4. The molecule has 0 aliphatic carbocycles. The average Bonchev–Trinajstić information content (AvgIpc) is 2.36. The molecule has 2 aromatic rings. The zero-order chi connectivity index (χ0) is 14.0. The van der Waals surface area contributed by atoms with Gasteiger partial charge in [0.2, 0.25) is 5.95 Å². The van der Waals surface area contributed by atoms with E-state index >= 15 is 0 Å². The Bertz CT molecular complexity index is 636. The summed E-state index contributed by atoms with van der Waals surface area (Å²) in [6.07, 6.45) is -0.493. The van der Waals surface area contributed by atoms with Crippen molar-refractivity contribution in [2.24, 2.45) is 5.92 Å². The maximum atomic E-state index is 11.9. The van der Waals surface area contributed by atoms with Crippen LogP contribution in [0.4, 0.5) is 11.6 Å². The monoisotopic (exact) mass is 262 g/mol. The molecule has 0 spiro atoms. The van der Waals surface area contributed by atoms with E-state index < -0.39 is 6.10 Å². The van der Waals surface area contributed by atoms with Gasteiger partial charge in [0.1, 0.15) is 0 Å². The third-order valence-electron chi connectivity index (χ3n) is 2.98. The number of hydrogen-bond acceptors (Lipinski definition) is 5. The summed E-state index contributed by atoms with van der Waals surface area (Å²) in [5.41, 5.74) is 6.47. The van der Waals surface area contributed by atoms with Crippen LogP contribution in [0.25, 0.3) is 10.9 Å². The molecule has 0 saturated carbocycles. The maximum absolute atomic E-state index is 11.9. The van der Waals surface area contributed by atoms with Gasteiger partial charge in [-0.15, -0.1) is 0 Å². The van der Waals surface area contributed by atoms with Crippen molar-refractivity contribution in [1.29, 1.82) is 0 Å². The number of aliphatic hydroxyl groups is 1. The lowest BCUT2D eigenvalue weighted by Gasteiger charge is -2.15. The number of nitrogens with zero attached hydrogens (tertiary/aromatic N) is 1. The van der Waals surface area contributed by atoms with Gasteiger partial charge in [0.25, 0.3) is 5.56 Å². The second-order valence-corrected chi connectivity index (χ2v) is 4.88. The highest BCUT2D eigenvalue weighted by atomic mass is 16.3. The van der Waals surface area contributed by atoms with Crippen LogP contribution in [0.5, 0.6) is 0 Å². The molecule has 2 rings (SSSR count). The first kappa shape index (κ1) is 13.4. The van der Waals surface area contributed by atoms with E-state index in [4.69, 9.17) is 5.73 Å². The molecule has 0 aliphatic heterocycles. The predicted octanol–water partition coefficient (Wildman–Crippen LogP) is 0.934. The lowest BCUT2D eigenvalue weighted by Crippen LogP contribution is -2.26. The third-order valence-corrected chi connectivity index (χ3v) is 2.98. The van der Waals surface area contributed by atoms with Crippen LogP contribution in [0.2, 0.25) is 0 Å². The molecule has 102 valence electrons. The molecule has 6 nitrogen and oxygen atoms in total. The van der Waals surface area contributed by atoms with Crippen LogP contribution in [0, 0.1) is 5.92 Å². The van der Waals surface area contributed by atoms with E-state index in [1.54, 1.807) is 18.2 Å². The largest absolute Gasteiger partial charge is 0.399 e. The first-order valence-electron chi connectivity index (χ1n) is 6.19. The number of H-pyrrole nitrogens is 1. The van der Waals surface area contributed by atoms with Crippen molar-refractivity contribution in [2.45, 2.75) is 20.0 Å². The van der Waals surface area contributed by atoms with Gasteiger partial charge in [0, 0.05) is 12.2 Å². The van der Waals surface area contributed by atoms with Gasteiger partial charge >= 0.3 is 0 Å². The Morgan fingerprint density at radius 3 is 2.89 bits per heavy atom. The predicted molar refractivity (Wildman–Crippen MR) is 76.1 cm³/mol. The number of nitrogens with one attached hydrogen (secondary N) is 2. The molecule has 1 aromatic carbocycles. The fraction of sp³-hybridized carbons (Fsp3) is 0.385. The van der Waals surface area contributed by atoms with E-state index in [2.05, 4.69) is 15.3 Å². The number of nitrogen functional groups attached to an aromatic ring is 1. The Morgan fingerprint density at radius 1 is 1.47 bits per heavy atom. The molecule has 5 N–H and O–H groups in total. The molecule has 0 saturated heterocycles. The molecule has 0 aliphatic rings. The zero-order valence-electron chi connectivity index (χ0n) is 11.0. The minimum Gasteiger partial charge on any atom is -0.399 e. The van der Waals surface area contributed by atoms with Gasteiger partial charge in [-0.25, -0.2) is 4.98 Å². The molecule has 0 fully saturated rings. The average molecular weight is 262 g/mol. The Balaban J connectivity index is 2.26. The molecule has 0 bridgehead atoms. The van der Waals surface area contributed by atoms with Gasteiger partial charge in [-0.1, -0.05) is 13.8 Å². The topological polar surface area (TPSA) is 104 Å². The highest BCUT2D eigenvalue weighted by molar-refractivity contribution is 5.81. The summed E-state index contributed by atoms with van der Waals surface area (Å²) < 4.78 is 0. The van der Waals surface area contributed by atoms with E-state index in [1.165, 1.54) is 0 Å². The van der Waals surface area contributed by atoms with Crippen LogP contribution in [-0.2, 0) is 0 Å². The Hall–Kier alpha value is -2.08. The Labute approximate surface area is 110 Å². The highest BCUT2D eigenvalue weighted by Crippen LogP contribution is 2.13. The summed E-state index contributed by atoms with van der Waals surface area (Å²) in [6, 6.07) is 4.99. The first-order chi connectivity index (χ1) is 8.97. The number of aromatic amines is 1. The number of aromatic nitrogens is 2. The number of fused-ring (bicyclic) bond motifs is 1. The fourth-order valence-corrected chi connectivity index (χ4v) is 1.68. The summed E-state index contributed by atoms with van der Waals surface area (Å²) in [4.78, 5) is 18.8. The third kappa shape index (κ3) is 3.03. The number of rotatable bonds is 4. The number of nitrogens with two attached hydrogens (primary N) is 1. The van der Waals surface area contributed by atoms with Crippen LogP contribution < -0.4 is 16.6 Å². The van der Waals surface area contributed by atoms with E-state index in [1.807, 2.05) is 13.8 Å². The lowest BCUT2D eigenvalue weighted by atomic mass is 10.1. The number of benzene rings is 1. The van der Waals surface area contributed by atoms with Crippen LogP contribution in [0.3, 0.4) is 0 Å². The molecule has 1 unspecified atom stereocenters. The minimum absolute atomic E-state index is 0.138. The standard InChI is InChI=1S/C13H18N4O2/c1-7(2)11(18)6-15-13-16-10-4-3-8(14)5-9(10)12(19)17-13/h3-5,7,11,18H,6,14H2,1-2H3,(H2,15,16,17,19). The van der Waals surface area contributed by atoms with Crippen molar-refractivity contribution in [3.05, 3.63) is 28.6 Å². The van der Waals surface area contributed by atoms with Gasteiger partial charge in [-0.05, 0) is 24.1 Å². The van der Waals surface area contributed by atoms with Gasteiger partial charge in [-0.2, -0.15) is 0 Å². The van der Waals surface area contributed by atoms with Crippen LogP contribution in [-0.4, -0.2) is 27.7 Å². The quantitative estimate of drug-likeness (QED) is 0.614. The van der Waals surface area contributed by atoms with Crippen LogP contribution in [0.15, 0.2) is 23.0 Å². The summed E-state index contributed by atoms with van der Waals surface area (Å²) in [5, 5.41) is 13.1. The summed E-state index contributed by atoms with van der Waals surface area (Å²) in [7, 11) is 0. The van der Waals surface area contributed by atoms with Gasteiger partial charge in [0.05, 0.1) is 17.0 Å². The molecule has 0 radical (unpaired) electrons. The minimum atomic E-state index is -0.493. The summed E-state index contributed by atoms with van der Waals surface area (Å²) in [6.45, 7) is 4.18. The van der Waals surface area contributed by atoms with Gasteiger partial charge in [-0.3, -0.25) is 9.78 Å². The number of aliphatic hydroxyl groups excluding tert-OH is 1. The van der Waals surface area contributed by atoms with E-state index in [9.17, 15) is 9.90 Å². The van der Waals surface area contributed by atoms with E-state index in [0.29, 0.717) is 29.1 Å². The smallest absolute Gasteiger partial charge is 0.260 e. The van der Waals surface area contributed by atoms with Crippen molar-refractivity contribution in [3.8, 4) is 0 Å². The normalized spacial score (nSPS) is 12.8. The van der Waals surface area contributed by atoms with Crippen molar-refractivity contribution in [3.63, 3.8) is 0 Å². The summed E-state index contributed by atoms with van der Waals surface area (Å²) >= 11 is 0. The molecule has 6 heteroatoms. The van der Waals surface area contributed by atoms with E-state index in [-0.39, 0.29) is 11.5 Å². The van der Waals surface area contributed by atoms with Crippen LogP contribution in [0.1, 0.15) is 13.8 Å². The second-order valence-electron chi connectivity index (χ2n) is 4.88. The fourth-order valence-electron chi connectivity index (χ4n) is 1.68. The lowest BCUT2D eigenvalue weighted by molar-refractivity contribution is 0.137. The first-order valence-corrected chi connectivity index (χ1v) is 6.19. The molecule has 1 aromatic heterocycles. The highest BCUT2D eigenvalue weighted by Gasteiger charge is 2.10. The van der Waals surface area contributed by atoms with Gasteiger partial charge < -0.3 is 16.2 Å². The van der Waals surface area contributed by atoms with Crippen molar-refractivity contribution >= 4 is 22.5 Å². The van der Waals surface area contributed by atoms with Crippen molar-refractivity contribution in [2.75, 3.05) is 17.6 Å². The molecule has 1 atom stereocenters. The Kier molecular flexibility index (Phi) is 3.71. The molecule has 19 heavy (non-hydrogen) atoms. The number of anilines is 2. The summed E-state index contributed by atoms with van der Waals surface area (Å²) in [5.74, 6) is 0.487. The molecule has 0 amide bonds. The van der Waals surface area contributed by atoms with Crippen molar-refractivity contribution in [1.82, 2.24) is 9.97 Å². The molecular formula is C13H18N4O2. The maximum Gasteiger partial charge on any atom is 0.260 e. The van der Waals surface area contributed by atoms with Gasteiger partial charge in [0.15, 0.2) is 0 Å². The zero-order valence-corrected chi connectivity index (χ0v) is 11.0. The van der Waals surface area contributed by atoms with Crippen LogP contribution >= 0.6 is 0 Å². The second kappa shape index (κ2) is 5.27.